The second-order valence-electron chi connectivity index (χ2n) is 6.20. The first-order valence-corrected chi connectivity index (χ1v) is 8.35. The maximum atomic E-state index is 13.8. The molecule has 0 amide bonds. The van der Waals surface area contributed by atoms with Crippen LogP contribution in [0.4, 0.5) is 4.39 Å². The Bertz CT molecular complexity index is 1360. The summed E-state index contributed by atoms with van der Waals surface area (Å²) in [7, 11) is 0. The highest BCUT2D eigenvalue weighted by atomic mass is 19.1. The maximum absolute atomic E-state index is 13.8. The maximum Gasteiger partial charge on any atom is 0.294 e. The predicted octanol–water partition coefficient (Wildman–Crippen LogP) is 3.67. The molecule has 0 radical (unpaired) electrons. The van der Waals surface area contributed by atoms with E-state index < -0.39 is 5.82 Å². The molecule has 3 heterocycles. The second-order valence-corrected chi connectivity index (χ2v) is 6.20. The zero-order valence-electron chi connectivity index (χ0n) is 14.0. The molecule has 0 unspecified atom stereocenters. The van der Waals surface area contributed by atoms with Gasteiger partial charge in [0.1, 0.15) is 17.9 Å². The first kappa shape index (κ1) is 15.5. The third-order valence-corrected chi connectivity index (χ3v) is 4.54. The Balaban J connectivity index is 1.74. The Labute approximate surface area is 151 Å². The van der Waals surface area contributed by atoms with E-state index in [4.69, 9.17) is 4.74 Å². The SMILES string of the molecule is O=c1[nH]ccc2c3nc(OCc4ccncc4)[nH]c3c3ccc(F)cc3c12. The predicted molar refractivity (Wildman–Crippen MR) is 100 cm³/mol. The van der Waals surface area contributed by atoms with Crippen LogP contribution in [0.25, 0.3) is 32.6 Å². The van der Waals surface area contributed by atoms with E-state index in [1.165, 1.54) is 12.1 Å². The minimum atomic E-state index is -0.403. The fraction of sp³-hybridized carbons (Fsp3) is 0.0500. The number of pyridine rings is 2. The largest absolute Gasteiger partial charge is 0.460 e. The van der Waals surface area contributed by atoms with E-state index in [0.717, 1.165) is 5.56 Å². The number of fused-ring (bicyclic) bond motifs is 6. The lowest BCUT2D eigenvalue weighted by Gasteiger charge is -2.05. The van der Waals surface area contributed by atoms with E-state index in [2.05, 4.69) is 19.9 Å². The van der Waals surface area contributed by atoms with Crippen molar-refractivity contribution < 1.29 is 9.13 Å². The van der Waals surface area contributed by atoms with Gasteiger partial charge in [-0.15, -0.1) is 0 Å². The lowest BCUT2D eigenvalue weighted by Crippen LogP contribution is -2.05. The minimum absolute atomic E-state index is 0.285. The van der Waals surface area contributed by atoms with Crippen molar-refractivity contribution in [1.82, 2.24) is 19.9 Å². The molecule has 5 rings (SSSR count). The molecule has 7 heteroatoms. The molecule has 0 bridgehead atoms. The molecular weight excluding hydrogens is 347 g/mol. The summed E-state index contributed by atoms with van der Waals surface area (Å²) in [6.07, 6.45) is 4.94. The monoisotopic (exact) mass is 360 g/mol. The molecule has 0 aliphatic carbocycles. The number of nitrogens with one attached hydrogen (secondary N) is 2. The average molecular weight is 360 g/mol. The van der Waals surface area contributed by atoms with Crippen LogP contribution in [0.5, 0.6) is 6.01 Å². The molecule has 2 aromatic carbocycles. The molecule has 0 saturated heterocycles. The van der Waals surface area contributed by atoms with Crippen molar-refractivity contribution in [2.45, 2.75) is 6.61 Å². The van der Waals surface area contributed by atoms with Gasteiger partial charge in [-0.25, -0.2) is 4.39 Å². The number of H-pyrrole nitrogens is 2. The normalized spacial score (nSPS) is 11.4. The number of aromatic nitrogens is 4. The highest BCUT2D eigenvalue weighted by Crippen LogP contribution is 2.33. The lowest BCUT2D eigenvalue weighted by atomic mass is 10.0. The van der Waals surface area contributed by atoms with Gasteiger partial charge >= 0.3 is 0 Å². The van der Waals surface area contributed by atoms with Crippen LogP contribution < -0.4 is 10.3 Å². The van der Waals surface area contributed by atoms with Crippen LogP contribution in [0.3, 0.4) is 0 Å². The van der Waals surface area contributed by atoms with Crippen molar-refractivity contribution in [3.8, 4) is 6.01 Å². The van der Waals surface area contributed by atoms with E-state index in [-0.39, 0.29) is 5.56 Å². The number of hydrogen-bond donors (Lipinski definition) is 2. The van der Waals surface area contributed by atoms with Crippen LogP contribution >= 0.6 is 0 Å². The van der Waals surface area contributed by atoms with Gasteiger partial charge in [0, 0.05) is 34.7 Å². The van der Waals surface area contributed by atoms with Crippen LogP contribution in [0.15, 0.2) is 59.8 Å². The second kappa shape index (κ2) is 5.91. The van der Waals surface area contributed by atoms with E-state index in [0.29, 0.717) is 45.2 Å². The van der Waals surface area contributed by atoms with Gasteiger partial charge in [-0.2, -0.15) is 4.98 Å². The van der Waals surface area contributed by atoms with Crippen molar-refractivity contribution >= 4 is 32.6 Å². The molecule has 0 spiro atoms. The Hall–Kier alpha value is -3.74. The molecule has 0 aliphatic heterocycles. The fourth-order valence-electron chi connectivity index (χ4n) is 3.32. The van der Waals surface area contributed by atoms with Gasteiger partial charge in [-0.1, -0.05) is 0 Å². The highest BCUT2D eigenvalue weighted by Gasteiger charge is 2.16. The molecular formula is C20H13FN4O2. The summed E-state index contributed by atoms with van der Waals surface area (Å²) >= 11 is 0. The summed E-state index contributed by atoms with van der Waals surface area (Å²) in [5.74, 6) is -0.403. The van der Waals surface area contributed by atoms with Crippen LogP contribution in [0, 0.1) is 5.82 Å². The molecule has 0 aliphatic rings. The van der Waals surface area contributed by atoms with Gasteiger partial charge in [0.15, 0.2) is 0 Å². The first-order chi connectivity index (χ1) is 13.2. The lowest BCUT2D eigenvalue weighted by molar-refractivity contribution is 0.284. The summed E-state index contributed by atoms with van der Waals surface area (Å²) in [5, 5.41) is 2.29. The Morgan fingerprint density at radius 3 is 2.74 bits per heavy atom. The molecule has 3 aromatic heterocycles. The molecule has 27 heavy (non-hydrogen) atoms. The van der Waals surface area contributed by atoms with Gasteiger partial charge in [0.05, 0.1) is 10.9 Å². The molecule has 6 nitrogen and oxygen atoms in total. The van der Waals surface area contributed by atoms with E-state index in [1.807, 2.05) is 12.1 Å². The number of halogens is 1. The summed E-state index contributed by atoms with van der Waals surface area (Å²) in [6, 6.07) is 10.2. The van der Waals surface area contributed by atoms with Crippen molar-refractivity contribution in [2.24, 2.45) is 0 Å². The molecule has 5 aromatic rings. The molecule has 0 fully saturated rings. The zero-order valence-corrected chi connectivity index (χ0v) is 14.0. The van der Waals surface area contributed by atoms with E-state index in [1.54, 1.807) is 30.7 Å². The summed E-state index contributed by atoms with van der Waals surface area (Å²) in [6.45, 7) is 0.327. The van der Waals surface area contributed by atoms with Crippen molar-refractivity contribution in [1.29, 1.82) is 0 Å². The Morgan fingerprint density at radius 2 is 1.89 bits per heavy atom. The van der Waals surface area contributed by atoms with Gasteiger partial charge in [0.25, 0.3) is 11.6 Å². The third-order valence-electron chi connectivity index (χ3n) is 4.54. The Kier molecular flexibility index (Phi) is 3.39. The van der Waals surface area contributed by atoms with Crippen LogP contribution in [-0.2, 0) is 6.61 Å². The fourth-order valence-corrected chi connectivity index (χ4v) is 3.32. The van der Waals surface area contributed by atoms with Gasteiger partial charge in [-0.3, -0.25) is 9.78 Å². The molecule has 2 N–H and O–H groups in total. The Morgan fingerprint density at radius 1 is 1.04 bits per heavy atom. The van der Waals surface area contributed by atoms with Crippen LogP contribution in [0.1, 0.15) is 5.56 Å². The number of rotatable bonds is 3. The number of imidazole rings is 1. The van der Waals surface area contributed by atoms with E-state index in [9.17, 15) is 9.18 Å². The van der Waals surface area contributed by atoms with Crippen molar-refractivity contribution in [3.05, 3.63) is 76.7 Å². The summed E-state index contributed by atoms with van der Waals surface area (Å²) in [4.78, 5) is 26.7. The smallest absolute Gasteiger partial charge is 0.294 e. The first-order valence-electron chi connectivity index (χ1n) is 8.35. The number of nitrogens with zero attached hydrogens (tertiary/aromatic N) is 2. The standard InChI is InChI=1S/C20H13FN4O2/c21-12-1-2-13-15(9-12)16-14(5-8-23-19(16)26)18-17(13)24-20(25-18)27-10-11-3-6-22-7-4-11/h1-9H,10H2,(H,23,26)(H,24,25). The average Bonchev–Trinajstić information content (AvgIpc) is 3.12. The van der Waals surface area contributed by atoms with Crippen molar-refractivity contribution in [3.63, 3.8) is 0 Å². The number of benzene rings is 2. The number of aromatic amines is 2. The minimum Gasteiger partial charge on any atom is -0.460 e. The van der Waals surface area contributed by atoms with E-state index >= 15 is 0 Å². The molecule has 132 valence electrons. The van der Waals surface area contributed by atoms with Gasteiger partial charge in [-0.05, 0) is 42.0 Å². The quantitative estimate of drug-likeness (QED) is 0.481. The van der Waals surface area contributed by atoms with Crippen LogP contribution in [0.2, 0.25) is 0 Å². The highest BCUT2D eigenvalue weighted by molar-refractivity contribution is 6.23. The van der Waals surface area contributed by atoms with Gasteiger partial charge in [0.2, 0.25) is 0 Å². The van der Waals surface area contributed by atoms with Crippen LogP contribution in [-0.4, -0.2) is 19.9 Å². The molecule has 0 saturated carbocycles. The summed E-state index contributed by atoms with van der Waals surface area (Å²) < 4.78 is 19.6. The number of hydrogen-bond acceptors (Lipinski definition) is 4. The molecule has 0 atom stereocenters. The topological polar surface area (TPSA) is 83.7 Å². The van der Waals surface area contributed by atoms with Crippen molar-refractivity contribution in [2.75, 3.05) is 0 Å². The zero-order chi connectivity index (χ0) is 18.4. The third kappa shape index (κ3) is 2.52. The summed E-state index contributed by atoms with van der Waals surface area (Å²) in [5.41, 5.74) is 1.98. The van der Waals surface area contributed by atoms with Gasteiger partial charge < -0.3 is 14.7 Å². The number of ether oxygens (including phenoxy) is 1.